The lowest BCUT2D eigenvalue weighted by Crippen LogP contribution is -2.36. The minimum absolute atomic E-state index is 0.0526. The number of carbonyl (C=O) groups is 2. The number of rotatable bonds is 35. The SMILES string of the molecule is CC(C)CCCCCCCCCCCCC(=O)OC[C@H](COP(=O)(O)OP(=O)(O)OC[C@H]1O[C@@H](n2ccc(N)nc2=O)C(O)[C@H]1O)OC(=O)CCCCCCCCCC(C)C. The molecule has 1 saturated heterocycles. The lowest BCUT2D eigenvalue weighted by molar-refractivity contribution is -0.161. The zero-order valence-corrected chi connectivity index (χ0v) is 38.6. The normalized spacial score (nSPS) is 20.4. The number of nitrogens with two attached hydrogens (primary N) is 1. The van der Waals surface area contributed by atoms with Crippen LogP contribution >= 0.6 is 15.6 Å². The lowest BCUT2D eigenvalue weighted by atomic mass is 10.0. The maximum atomic E-state index is 12.8. The fourth-order valence-electron chi connectivity index (χ4n) is 6.80. The molecule has 2 heterocycles. The van der Waals surface area contributed by atoms with E-state index in [-0.39, 0.29) is 18.7 Å². The fraction of sp³-hybridized carbons (Fsp3) is 0.854. The summed E-state index contributed by atoms with van der Waals surface area (Å²) in [6, 6.07) is 1.25. The number of aromatic nitrogens is 2. The Morgan fingerprint density at radius 1 is 0.738 bits per heavy atom. The van der Waals surface area contributed by atoms with Gasteiger partial charge in [-0.15, -0.1) is 0 Å². The molecule has 61 heavy (non-hydrogen) atoms. The number of phosphoric ester groups is 2. The van der Waals surface area contributed by atoms with Gasteiger partial charge in [-0.25, -0.2) is 13.9 Å². The van der Waals surface area contributed by atoms with Gasteiger partial charge >= 0.3 is 33.3 Å². The molecule has 0 bridgehead atoms. The summed E-state index contributed by atoms with van der Waals surface area (Å²) in [4.78, 5) is 61.5. The molecule has 3 unspecified atom stereocenters. The van der Waals surface area contributed by atoms with Crippen molar-refractivity contribution < 1.29 is 66.3 Å². The highest BCUT2D eigenvalue weighted by atomic mass is 31.3. The summed E-state index contributed by atoms with van der Waals surface area (Å²) in [6.45, 7) is 6.63. The van der Waals surface area contributed by atoms with Crippen LogP contribution in [0.3, 0.4) is 0 Å². The Bertz CT molecular complexity index is 1550. The number of nitrogens with zero attached hydrogens (tertiary/aromatic N) is 2. The lowest BCUT2D eigenvalue weighted by Gasteiger charge is -2.21. The van der Waals surface area contributed by atoms with Gasteiger partial charge in [0.1, 0.15) is 30.7 Å². The van der Waals surface area contributed by atoms with Gasteiger partial charge in [0.2, 0.25) is 0 Å². The molecule has 1 aromatic rings. The molecule has 0 spiro atoms. The van der Waals surface area contributed by atoms with Crippen molar-refractivity contribution >= 4 is 33.4 Å². The average Bonchev–Trinajstić information content (AvgIpc) is 3.46. The first-order chi connectivity index (χ1) is 28.9. The van der Waals surface area contributed by atoms with Crippen LogP contribution in [0.25, 0.3) is 0 Å². The second-order valence-electron chi connectivity index (χ2n) is 16.9. The van der Waals surface area contributed by atoms with E-state index in [2.05, 4.69) is 37.0 Å². The minimum Gasteiger partial charge on any atom is -0.462 e. The summed E-state index contributed by atoms with van der Waals surface area (Å²) in [5, 5.41) is 20.8. The predicted octanol–water partition coefficient (Wildman–Crippen LogP) is 7.65. The second kappa shape index (κ2) is 30.0. The molecule has 18 nitrogen and oxygen atoms in total. The predicted molar refractivity (Wildman–Crippen MR) is 229 cm³/mol. The molecule has 1 aromatic heterocycles. The van der Waals surface area contributed by atoms with Crippen LogP contribution in [0.1, 0.15) is 169 Å². The molecule has 7 atom stereocenters. The van der Waals surface area contributed by atoms with Gasteiger partial charge in [0.25, 0.3) is 0 Å². The molecule has 1 fully saturated rings. The van der Waals surface area contributed by atoms with E-state index in [1.807, 2.05) is 0 Å². The van der Waals surface area contributed by atoms with Crippen LogP contribution in [0.4, 0.5) is 5.82 Å². The second-order valence-corrected chi connectivity index (χ2v) is 19.9. The van der Waals surface area contributed by atoms with Crippen LogP contribution < -0.4 is 11.4 Å². The van der Waals surface area contributed by atoms with Crippen molar-refractivity contribution in [3.8, 4) is 0 Å². The standard InChI is InChI=1S/C41H75N3O15P2/c1-31(2)22-18-14-10-7-5-6-8-12-16-20-24-36(45)54-28-33(57-37(46)25-21-17-13-9-11-15-19-23-32(3)4)29-55-60(50,51)59-61(52,53)56-30-34-38(47)39(48)40(58-34)44-27-26-35(42)43-41(44)49/h26-27,31-34,38-40,47-48H,5-25,28-30H2,1-4H3,(H,50,51)(H,52,53)(H2,42,43,49)/t33-,34-,38+,39?,40-/m1/s1. The van der Waals surface area contributed by atoms with E-state index >= 15 is 0 Å². The van der Waals surface area contributed by atoms with Gasteiger partial charge in [0.05, 0.1) is 13.2 Å². The number of unbranched alkanes of at least 4 members (excludes halogenated alkanes) is 15. The van der Waals surface area contributed by atoms with E-state index in [0.717, 1.165) is 68.0 Å². The summed E-state index contributed by atoms with van der Waals surface area (Å²) in [5.74, 6) is 0.154. The topological polar surface area (TPSA) is 265 Å². The molecule has 0 radical (unpaired) electrons. The molecule has 0 aliphatic carbocycles. The molecule has 1 aliphatic heterocycles. The van der Waals surface area contributed by atoms with Gasteiger partial charge < -0.3 is 39.9 Å². The Hall–Kier alpha value is -2.24. The van der Waals surface area contributed by atoms with Crippen molar-refractivity contribution in [2.24, 2.45) is 11.8 Å². The van der Waals surface area contributed by atoms with Crippen molar-refractivity contribution in [2.45, 2.75) is 193 Å². The Morgan fingerprint density at radius 2 is 1.21 bits per heavy atom. The highest BCUT2D eigenvalue weighted by Gasteiger charge is 2.46. The highest BCUT2D eigenvalue weighted by molar-refractivity contribution is 7.61. The van der Waals surface area contributed by atoms with Gasteiger partial charge in [-0.05, 0) is 30.7 Å². The summed E-state index contributed by atoms with van der Waals surface area (Å²) in [7, 11) is -10.8. The molecule has 6 N–H and O–H groups in total. The van der Waals surface area contributed by atoms with E-state index in [9.17, 15) is 43.5 Å². The number of anilines is 1. The third-order valence-corrected chi connectivity index (χ3v) is 12.9. The quantitative estimate of drug-likeness (QED) is 0.0249. The minimum atomic E-state index is -5.41. The molecule has 0 amide bonds. The maximum Gasteiger partial charge on any atom is 0.481 e. The fourth-order valence-corrected chi connectivity index (χ4v) is 8.91. The molecule has 2 rings (SSSR count). The van der Waals surface area contributed by atoms with Gasteiger partial charge in [0.15, 0.2) is 12.3 Å². The van der Waals surface area contributed by atoms with Crippen LogP contribution in [0.5, 0.6) is 0 Å². The van der Waals surface area contributed by atoms with Gasteiger partial charge in [0, 0.05) is 19.0 Å². The first-order valence-electron chi connectivity index (χ1n) is 22.3. The maximum absolute atomic E-state index is 12.8. The molecule has 20 heteroatoms. The number of hydrogen-bond donors (Lipinski definition) is 5. The monoisotopic (exact) mass is 911 g/mol. The first-order valence-corrected chi connectivity index (χ1v) is 25.3. The van der Waals surface area contributed by atoms with Crippen LogP contribution in [0.15, 0.2) is 17.1 Å². The Labute approximate surface area is 361 Å². The first kappa shape index (κ1) is 54.9. The zero-order chi connectivity index (χ0) is 45.3. The van der Waals surface area contributed by atoms with Crippen molar-refractivity contribution in [1.29, 1.82) is 0 Å². The van der Waals surface area contributed by atoms with Crippen molar-refractivity contribution in [2.75, 3.05) is 25.6 Å². The largest absolute Gasteiger partial charge is 0.481 e. The van der Waals surface area contributed by atoms with Crippen LogP contribution in [0.2, 0.25) is 0 Å². The highest BCUT2D eigenvalue weighted by Crippen LogP contribution is 2.60. The van der Waals surface area contributed by atoms with Crippen molar-refractivity contribution in [1.82, 2.24) is 9.55 Å². The summed E-state index contributed by atoms with van der Waals surface area (Å²) < 4.78 is 56.5. The van der Waals surface area contributed by atoms with Crippen LogP contribution in [0, 0.1) is 11.8 Å². The van der Waals surface area contributed by atoms with Crippen molar-refractivity contribution in [3.05, 3.63) is 22.7 Å². The Balaban J connectivity index is 1.84. The molecule has 1 aliphatic rings. The molecule has 354 valence electrons. The van der Waals surface area contributed by atoms with E-state index in [4.69, 9.17) is 29.0 Å². The number of aliphatic hydroxyl groups is 2. The number of carbonyl (C=O) groups excluding carboxylic acids is 2. The van der Waals surface area contributed by atoms with E-state index in [1.54, 1.807) is 0 Å². The van der Waals surface area contributed by atoms with E-state index in [0.29, 0.717) is 18.8 Å². The number of esters is 2. The third-order valence-electron chi connectivity index (χ3n) is 10.3. The molecule has 0 saturated carbocycles. The molecular formula is C41H75N3O15P2. The number of hydrogen-bond acceptors (Lipinski definition) is 15. The average molecular weight is 912 g/mol. The van der Waals surface area contributed by atoms with Crippen molar-refractivity contribution in [3.63, 3.8) is 0 Å². The molecule has 0 aromatic carbocycles. The summed E-state index contributed by atoms with van der Waals surface area (Å²) in [5.41, 5.74) is 4.58. The third kappa shape index (κ3) is 25.0. The summed E-state index contributed by atoms with van der Waals surface area (Å²) in [6.07, 6.45) is 14.0. The van der Waals surface area contributed by atoms with Gasteiger partial charge in [-0.2, -0.15) is 9.29 Å². The van der Waals surface area contributed by atoms with Gasteiger partial charge in [-0.1, -0.05) is 137 Å². The van der Waals surface area contributed by atoms with E-state index in [1.165, 1.54) is 63.9 Å². The van der Waals surface area contributed by atoms with Crippen LogP contribution in [-0.4, -0.2) is 85.7 Å². The number of aliphatic hydroxyl groups excluding tert-OH is 2. The summed E-state index contributed by atoms with van der Waals surface area (Å²) >= 11 is 0. The van der Waals surface area contributed by atoms with E-state index < -0.39 is 83.7 Å². The number of ether oxygens (including phenoxy) is 3. The Kier molecular flexibility index (Phi) is 27.0. The number of nitrogen functional groups attached to an aromatic ring is 1. The molecular weight excluding hydrogens is 836 g/mol. The van der Waals surface area contributed by atoms with Crippen LogP contribution in [-0.2, 0) is 46.3 Å². The van der Waals surface area contributed by atoms with Gasteiger partial charge in [-0.3, -0.25) is 23.2 Å². The Morgan fingerprint density at radius 3 is 1.72 bits per heavy atom. The number of phosphoric acid groups is 2. The smallest absolute Gasteiger partial charge is 0.462 e. The zero-order valence-electron chi connectivity index (χ0n) is 36.8.